The van der Waals surface area contributed by atoms with Crippen molar-refractivity contribution in [2.24, 2.45) is 0 Å². The second-order valence-electron chi connectivity index (χ2n) is 5.33. The van der Waals surface area contributed by atoms with Gasteiger partial charge in [-0.15, -0.1) is 0 Å². The van der Waals surface area contributed by atoms with Crippen molar-refractivity contribution in [1.29, 1.82) is 0 Å². The highest BCUT2D eigenvalue weighted by Crippen LogP contribution is 2.35. The van der Waals surface area contributed by atoms with Crippen LogP contribution < -0.4 is 4.74 Å². The van der Waals surface area contributed by atoms with Gasteiger partial charge in [0.05, 0.1) is 18.1 Å². The summed E-state index contributed by atoms with van der Waals surface area (Å²) in [6, 6.07) is 13.4. The Kier molecular flexibility index (Phi) is 5.19. The SMILES string of the molecule is CCOc1ccccc1/C=C1/SC(=O)N(Cc2ccccc2F)C1=O. The van der Waals surface area contributed by atoms with E-state index in [1.165, 1.54) is 6.07 Å². The second kappa shape index (κ2) is 7.53. The van der Waals surface area contributed by atoms with Crippen LogP contribution in [0.15, 0.2) is 53.4 Å². The number of para-hydroxylation sites is 1. The number of nitrogens with zero attached hydrogens (tertiary/aromatic N) is 1. The molecule has 0 aliphatic carbocycles. The second-order valence-corrected chi connectivity index (χ2v) is 6.32. The van der Waals surface area contributed by atoms with Crippen LogP contribution in [0.2, 0.25) is 0 Å². The fraction of sp³-hybridized carbons (Fsp3) is 0.158. The first-order valence-corrected chi connectivity index (χ1v) is 8.62. The maximum absolute atomic E-state index is 13.8. The van der Waals surface area contributed by atoms with E-state index in [0.29, 0.717) is 22.8 Å². The summed E-state index contributed by atoms with van der Waals surface area (Å²) in [7, 11) is 0. The molecule has 25 heavy (non-hydrogen) atoms. The topological polar surface area (TPSA) is 46.6 Å². The summed E-state index contributed by atoms with van der Waals surface area (Å²) >= 11 is 0.849. The van der Waals surface area contributed by atoms with E-state index in [0.717, 1.165) is 22.2 Å². The smallest absolute Gasteiger partial charge is 0.293 e. The van der Waals surface area contributed by atoms with E-state index in [1.807, 2.05) is 25.1 Å². The van der Waals surface area contributed by atoms with E-state index in [9.17, 15) is 14.0 Å². The highest BCUT2D eigenvalue weighted by atomic mass is 32.2. The molecule has 2 aromatic rings. The summed E-state index contributed by atoms with van der Waals surface area (Å²) < 4.78 is 19.3. The minimum absolute atomic E-state index is 0.0816. The number of halogens is 1. The van der Waals surface area contributed by atoms with Crippen LogP contribution in [0.1, 0.15) is 18.1 Å². The lowest BCUT2D eigenvalue weighted by Crippen LogP contribution is -2.27. The summed E-state index contributed by atoms with van der Waals surface area (Å²) in [4.78, 5) is 26.1. The Morgan fingerprint density at radius 1 is 1.12 bits per heavy atom. The van der Waals surface area contributed by atoms with Crippen LogP contribution >= 0.6 is 11.8 Å². The van der Waals surface area contributed by atoms with Crippen LogP contribution in [0.4, 0.5) is 9.18 Å². The van der Waals surface area contributed by atoms with Gasteiger partial charge in [0.25, 0.3) is 11.1 Å². The molecule has 1 aliphatic rings. The summed E-state index contributed by atoms with van der Waals surface area (Å²) in [5.74, 6) is -0.220. The Hall–Kier alpha value is -2.60. The van der Waals surface area contributed by atoms with Gasteiger partial charge in [-0.2, -0.15) is 0 Å². The van der Waals surface area contributed by atoms with Crippen LogP contribution in [-0.2, 0) is 11.3 Å². The van der Waals surface area contributed by atoms with Crippen LogP contribution in [0, 0.1) is 5.82 Å². The van der Waals surface area contributed by atoms with Crippen molar-refractivity contribution >= 4 is 29.0 Å². The molecule has 1 heterocycles. The van der Waals surface area contributed by atoms with E-state index < -0.39 is 17.0 Å². The van der Waals surface area contributed by atoms with Gasteiger partial charge in [-0.3, -0.25) is 14.5 Å². The van der Waals surface area contributed by atoms with Crippen LogP contribution in [0.3, 0.4) is 0 Å². The number of hydrogen-bond donors (Lipinski definition) is 0. The van der Waals surface area contributed by atoms with Gasteiger partial charge in [0.1, 0.15) is 11.6 Å². The van der Waals surface area contributed by atoms with Gasteiger partial charge in [0.15, 0.2) is 0 Å². The molecule has 3 rings (SSSR count). The lowest BCUT2D eigenvalue weighted by atomic mass is 10.1. The van der Waals surface area contributed by atoms with E-state index in [-0.39, 0.29) is 6.54 Å². The molecular weight excluding hydrogens is 341 g/mol. The van der Waals surface area contributed by atoms with Crippen LogP contribution in [-0.4, -0.2) is 22.7 Å². The highest BCUT2D eigenvalue weighted by molar-refractivity contribution is 8.18. The molecule has 6 heteroatoms. The first-order chi connectivity index (χ1) is 12.1. The number of rotatable bonds is 5. The molecule has 0 bridgehead atoms. The number of carbonyl (C=O) groups excluding carboxylic acids is 2. The van der Waals surface area contributed by atoms with Gasteiger partial charge in [-0.25, -0.2) is 4.39 Å². The number of thioether (sulfide) groups is 1. The molecular formula is C19H16FNO3S. The Morgan fingerprint density at radius 2 is 1.84 bits per heavy atom. The molecule has 1 fully saturated rings. The van der Waals surface area contributed by atoms with Gasteiger partial charge < -0.3 is 4.74 Å². The Morgan fingerprint density at radius 3 is 2.60 bits per heavy atom. The average molecular weight is 357 g/mol. The van der Waals surface area contributed by atoms with Crippen molar-refractivity contribution in [3.63, 3.8) is 0 Å². The molecule has 4 nitrogen and oxygen atoms in total. The van der Waals surface area contributed by atoms with E-state index in [2.05, 4.69) is 0 Å². The fourth-order valence-electron chi connectivity index (χ4n) is 2.46. The fourth-order valence-corrected chi connectivity index (χ4v) is 3.29. The van der Waals surface area contributed by atoms with Crippen molar-refractivity contribution in [3.05, 3.63) is 70.4 Å². The number of amides is 2. The molecule has 0 spiro atoms. The standard InChI is InChI=1S/C19H16FNO3S/c1-2-24-16-10-6-4-7-13(16)11-17-18(22)21(19(23)25-17)12-14-8-3-5-9-15(14)20/h3-11H,2,12H2,1H3/b17-11+. The van der Waals surface area contributed by atoms with Gasteiger partial charge in [-0.05, 0) is 36.9 Å². The molecule has 0 aromatic heterocycles. The zero-order chi connectivity index (χ0) is 17.8. The summed E-state index contributed by atoms with van der Waals surface area (Å²) in [5.41, 5.74) is 1.03. The molecule has 0 saturated carbocycles. The maximum Gasteiger partial charge on any atom is 0.293 e. The van der Waals surface area contributed by atoms with Crippen molar-refractivity contribution in [2.75, 3.05) is 6.61 Å². The monoisotopic (exact) mass is 357 g/mol. The third-order valence-electron chi connectivity index (χ3n) is 3.67. The number of imide groups is 1. The quantitative estimate of drug-likeness (QED) is 0.741. The lowest BCUT2D eigenvalue weighted by molar-refractivity contribution is -0.123. The number of carbonyl (C=O) groups is 2. The molecule has 0 radical (unpaired) electrons. The van der Waals surface area contributed by atoms with Crippen molar-refractivity contribution in [3.8, 4) is 5.75 Å². The average Bonchev–Trinajstić information content (AvgIpc) is 2.86. The minimum Gasteiger partial charge on any atom is -0.493 e. The van der Waals surface area contributed by atoms with Gasteiger partial charge in [-0.1, -0.05) is 36.4 Å². The van der Waals surface area contributed by atoms with E-state index in [4.69, 9.17) is 4.74 Å². The molecule has 0 N–H and O–H groups in total. The third-order valence-corrected chi connectivity index (χ3v) is 4.57. The van der Waals surface area contributed by atoms with E-state index in [1.54, 1.807) is 30.3 Å². The largest absolute Gasteiger partial charge is 0.493 e. The van der Waals surface area contributed by atoms with Crippen molar-refractivity contribution < 1.29 is 18.7 Å². The molecule has 1 saturated heterocycles. The van der Waals surface area contributed by atoms with Crippen molar-refractivity contribution in [1.82, 2.24) is 4.90 Å². The third kappa shape index (κ3) is 3.74. The number of hydrogen-bond acceptors (Lipinski definition) is 4. The number of benzene rings is 2. The predicted molar refractivity (Wildman–Crippen MR) is 95.5 cm³/mol. The Labute approximate surface area is 149 Å². The number of ether oxygens (including phenoxy) is 1. The zero-order valence-electron chi connectivity index (χ0n) is 13.6. The predicted octanol–water partition coefficient (Wildman–Crippen LogP) is 4.46. The molecule has 0 atom stereocenters. The van der Waals surface area contributed by atoms with Crippen molar-refractivity contribution in [2.45, 2.75) is 13.5 Å². The van der Waals surface area contributed by atoms with Gasteiger partial charge >= 0.3 is 0 Å². The lowest BCUT2D eigenvalue weighted by Gasteiger charge is -2.13. The Balaban J connectivity index is 1.85. The maximum atomic E-state index is 13.8. The molecule has 0 unspecified atom stereocenters. The van der Waals surface area contributed by atoms with Crippen LogP contribution in [0.25, 0.3) is 6.08 Å². The summed E-state index contributed by atoms with van der Waals surface area (Å²) in [6.45, 7) is 2.29. The molecule has 2 amide bonds. The van der Waals surface area contributed by atoms with Crippen LogP contribution in [0.5, 0.6) is 5.75 Å². The van der Waals surface area contributed by atoms with E-state index >= 15 is 0 Å². The zero-order valence-corrected chi connectivity index (χ0v) is 14.4. The first-order valence-electron chi connectivity index (χ1n) is 7.80. The normalized spacial score (nSPS) is 15.9. The molecule has 128 valence electrons. The minimum atomic E-state index is -0.438. The van der Waals surface area contributed by atoms with Gasteiger partial charge in [0, 0.05) is 11.1 Å². The summed E-state index contributed by atoms with van der Waals surface area (Å²) in [6.07, 6.45) is 1.64. The molecule has 1 aliphatic heterocycles. The summed E-state index contributed by atoms with van der Waals surface area (Å²) in [5, 5.41) is -0.409. The first kappa shape index (κ1) is 17.2. The Bertz CT molecular complexity index is 850. The molecule has 2 aromatic carbocycles. The highest BCUT2D eigenvalue weighted by Gasteiger charge is 2.35. The van der Waals surface area contributed by atoms with Gasteiger partial charge in [0.2, 0.25) is 0 Å².